The Balaban J connectivity index is 2.09. The van der Waals surface area contributed by atoms with Crippen molar-refractivity contribution in [3.63, 3.8) is 0 Å². The Morgan fingerprint density at radius 3 is 2.94 bits per heavy atom. The number of para-hydroxylation sites is 1. The molecule has 0 aliphatic rings. The monoisotopic (exact) mass is 240 g/mol. The molecule has 0 atom stereocenters. The smallest absolute Gasteiger partial charge is 0.145 e. The number of nitrogens with one attached hydrogen (secondary N) is 1. The molecule has 0 saturated carbocycles. The highest BCUT2D eigenvalue weighted by molar-refractivity contribution is 5.41. The molecule has 1 N–H and O–H groups in total. The summed E-state index contributed by atoms with van der Waals surface area (Å²) in [6, 6.07) is 11.3. The van der Waals surface area contributed by atoms with Gasteiger partial charge in [-0.1, -0.05) is 18.2 Å². The van der Waals surface area contributed by atoms with Crippen molar-refractivity contribution in [1.29, 1.82) is 5.26 Å². The molecular weight excluding hydrogens is 228 g/mol. The lowest BCUT2D eigenvalue weighted by Gasteiger charge is -2.09. The summed E-state index contributed by atoms with van der Waals surface area (Å²) in [6.07, 6.45) is 1.36. The molecule has 0 amide bonds. The number of hydrogen-bond donors (Lipinski definition) is 1. The first-order valence-electron chi connectivity index (χ1n) is 5.41. The molecule has 0 fully saturated rings. The predicted octanol–water partition coefficient (Wildman–Crippen LogP) is 1.97. The minimum Gasteiger partial charge on any atom is -0.496 e. The van der Waals surface area contributed by atoms with Gasteiger partial charge in [-0.05, 0) is 6.07 Å². The number of ether oxygens (including phenoxy) is 1. The second-order valence-corrected chi connectivity index (χ2v) is 3.57. The fourth-order valence-corrected chi connectivity index (χ4v) is 1.55. The molecule has 0 radical (unpaired) electrons. The maximum Gasteiger partial charge on any atom is 0.145 e. The van der Waals surface area contributed by atoms with Crippen LogP contribution in [0.4, 0.5) is 5.82 Å². The van der Waals surface area contributed by atoms with Crippen LogP contribution in [0.25, 0.3) is 0 Å². The lowest BCUT2D eigenvalue weighted by atomic mass is 10.2. The summed E-state index contributed by atoms with van der Waals surface area (Å²) in [4.78, 5) is 7.85. The number of methoxy groups -OCH3 is 1. The molecule has 0 spiro atoms. The van der Waals surface area contributed by atoms with Gasteiger partial charge in [0.05, 0.1) is 7.11 Å². The van der Waals surface area contributed by atoms with E-state index in [2.05, 4.69) is 15.3 Å². The fourth-order valence-electron chi connectivity index (χ4n) is 1.55. The van der Waals surface area contributed by atoms with Crippen molar-refractivity contribution >= 4 is 5.82 Å². The number of nitrogens with zero attached hydrogens (tertiary/aromatic N) is 3. The third kappa shape index (κ3) is 2.74. The number of anilines is 1. The van der Waals surface area contributed by atoms with Gasteiger partial charge in [0.25, 0.3) is 0 Å². The summed E-state index contributed by atoms with van der Waals surface area (Å²) in [5.74, 6) is 1.44. The van der Waals surface area contributed by atoms with Crippen LogP contribution in [0.15, 0.2) is 36.7 Å². The van der Waals surface area contributed by atoms with Crippen LogP contribution in [0.3, 0.4) is 0 Å². The van der Waals surface area contributed by atoms with Gasteiger partial charge in [-0.25, -0.2) is 9.97 Å². The number of hydrogen-bond acceptors (Lipinski definition) is 5. The largest absolute Gasteiger partial charge is 0.496 e. The van der Waals surface area contributed by atoms with Gasteiger partial charge < -0.3 is 10.1 Å². The van der Waals surface area contributed by atoms with Crippen molar-refractivity contribution in [3.8, 4) is 11.8 Å². The molecule has 2 aromatic rings. The van der Waals surface area contributed by atoms with Gasteiger partial charge in [0.1, 0.15) is 29.7 Å². The molecule has 0 aliphatic carbocycles. The summed E-state index contributed by atoms with van der Waals surface area (Å²) < 4.78 is 5.25. The molecule has 0 unspecified atom stereocenters. The molecule has 1 aromatic carbocycles. The SMILES string of the molecule is COc1ccccc1CNc1cc(C#N)ncn1. The lowest BCUT2D eigenvalue weighted by Crippen LogP contribution is -2.03. The van der Waals surface area contributed by atoms with Crippen LogP contribution in [-0.4, -0.2) is 17.1 Å². The van der Waals surface area contributed by atoms with Crippen LogP contribution in [0.5, 0.6) is 5.75 Å². The summed E-state index contributed by atoms with van der Waals surface area (Å²) in [5, 5.41) is 11.9. The molecule has 0 saturated heterocycles. The topological polar surface area (TPSA) is 70.8 Å². The van der Waals surface area contributed by atoms with Gasteiger partial charge >= 0.3 is 0 Å². The van der Waals surface area contributed by atoms with Crippen LogP contribution in [0.2, 0.25) is 0 Å². The normalized spacial score (nSPS) is 9.56. The van der Waals surface area contributed by atoms with Gasteiger partial charge in [0, 0.05) is 18.2 Å². The second kappa shape index (κ2) is 5.64. The minimum absolute atomic E-state index is 0.340. The number of rotatable bonds is 4. The van der Waals surface area contributed by atoms with E-state index in [1.165, 1.54) is 6.33 Å². The zero-order valence-electron chi connectivity index (χ0n) is 9.92. The predicted molar refractivity (Wildman–Crippen MR) is 67.1 cm³/mol. The van der Waals surface area contributed by atoms with Crippen molar-refractivity contribution in [3.05, 3.63) is 47.9 Å². The molecule has 5 heteroatoms. The summed E-state index contributed by atoms with van der Waals surface area (Å²) in [6.45, 7) is 0.575. The summed E-state index contributed by atoms with van der Waals surface area (Å²) >= 11 is 0. The van der Waals surface area contributed by atoms with E-state index in [0.717, 1.165) is 11.3 Å². The van der Waals surface area contributed by atoms with E-state index in [0.29, 0.717) is 18.1 Å². The standard InChI is InChI=1S/C13H12N4O/c1-18-12-5-3-2-4-10(12)8-15-13-6-11(7-14)16-9-17-13/h2-6,9H,8H2,1H3,(H,15,16,17). The van der Waals surface area contributed by atoms with E-state index >= 15 is 0 Å². The maximum atomic E-state index is 8.74. The van der Waals surface area contributed by atoms with Gasteiger partial charge in [-0.3, -0.25) is 0 Å². The minimum atomic E-state index is 0.340. The second-order valence-electron chi connectivity index (χ2n) is 3.57. The molecule has 90 valence electrons. The number of nitriles is 1. The Hall–Kier alpha value is -2.61. The van der Waals surface area contributed by atoms with E-state index in [1.54, 1.807) is 13.2 Å². The van der Waals surface area contributed by atoms with Crippen molar-refractivity contribution in [2.75, 3.05) is 12.4 Å². The first-order valence-corrected chi connectivity index (χ1v) is 5.41. The third-order valence-electron chi connectivity index (χ3n) is 2.43. The van der Waals surface area contributed by atoms with Crippen molar-refractivity contribution < 1.29 is 4.74 Å². The Kier molecular flexibility index (Phi) is 3.72. The molecule has 0 aliphatic heterocycles. The quantitative estimate of drug-likeness (QED) is 0.884. The van der Waals surface area contributed by atoms with E-state index in [1.807, 2.05) is 30.3 Å². The van der Waals surface area contributed by atoms with Crippen LogP contribution in [-0.2, 0) is 6.54 Å². The zero-order valence-corrected chi connectivity index (χ0v) is 9.92. The summed E-state index contributed by atoms with van der Waals surface area (Å²) in [5.41, 5.74) is 1.37. The Bertz CT molecular complexity index is 577. The Morgan fingerprint density at radius 1 is 1.33 bits per heavy atom. The molecule has 1 aromatic heterocycles. The Labute approximate surface area is 105 Å². The Morgan fingerprint density at radius 2 is 2.17 bits per heavy atom. The molecule has 5 nitrogen and oxygen atoms in total. The summed E-state index contributed by atoms with van der Waals surface area (Å²) in [7, 11) is 1.64. The lowest BCUT2D eigenvalue weighted by molar-refractivity contribution is 0.410. The first kappa shape index (κ1) is 11.9. The van der Waals surface area contributed by atoms with Gasteiger partial charge in [-0.2, -0.15) is 5.26 Å². The van der Waals surface area contributed by atoms with Gasteiger partial charge in [0.15, 0.2) is 0 Å². The first-order chi connectivity index (χ1) is 8.83. The maximum absolute atomic E-state index is 8.74. The average molecular weight is 240 g/mol. The van der Waals surface area contributed by atoms with Crippen molar-refractivity contribution in [1.82, 2.24) is 9.97 Å². The molecule has 1 heterocycles. The van der Waals surface area contributed by atoms with E-state index in [-0.39, 0.29) is 0 Å². The highest BCUT2D eigenvalue weighted by atomic mass is 16.5. The molecule has 2 rings (SSSR count). The van der Waals surface area contributed by atoms with E-state index < -0.39 is 0 Å². The van der Waals surface area contributed by atoms with Crippen molar-refractivity contribution in [2.24, 2.45) is 0 Å². The van der Waals surface area contributed by atoms with Crippen LogP contribution in [0, 0.1) is 11.3 Å². The van der Waals surface area contributed by atoms with Crippen LogP contribution >= 0.6 is 0 Å². The highest BCUT2D eigenvalue weighted by Gasteiger charge is 2.02. The van der Waals surface area contributed by atoms with Crippen LogP contribution in [0.1, 0.15) is 11.3 Å². The molecule has 0 bridgehead atoms. The average Bonchev–Trinajstić information content (AvgIpc) is 2.45. The molecule has 18 heavy (non-hydrogen) atoms. The van der Waals surface area contributed by atoms with Crippen LogP contribution < -0.4 is 10.1 Å². The van der Waals surface area contributed by atoms with Crippen molar-refractivity contribution in [2.45, 2.75) is 6.54 Å². The van der Waals surface area contributed by atoms with Gasteiger partial charge in [0.2, 0.25) is 0 Å². The van der Waals surface area contributed by atoms with Gasteiger partial charge in [-0.15, -0.1) is 0 Å². The number of aromatic nitrogens is 2. The number of benzene rings is 1. The molecular formula is C13H12N4O. The zero-order chi connectivity index (χ0) is 12.8. The van der Waals surface area contributed by atoms with E-state index in [9.17, 15) is 0 Å². The third-order valence-corrected chi connectivity index (χ3v) is 2.43. The van der Waals surface area contributed by atoms with E-state index in [4.69, 9.17) is 10.00 Å². The fraction of sp³-hybridized carbons (Fsp3) is 0.154. The highest BCUT2D eigenvalue weighted by Crippen LogP contribution is 2.18.